The Balaban J connectivity index is 2.01. The molecule has 1 aliphatic heterocycles. The molecule has 1 saturated heterocycles. The van der Waals surface area contributed by atoms with Gasteiger partial charge in [0.2, 0.25) is 0 Å². The highest BCUT2D eigenvalue weighted by atomic mass is 79.9. The largest absolute Gasteiger partial charge is 0.337 e. The summed E-state index contributed by atoms with van der Waals surface area (Å²) in [4.78, 5) is 14.4. The van der Waals surface area contributed by atoms with Crippen LogP contribution >= 0.6 is 27.3 Å². The lowest BCUT2D eigenvalue weighted by Gasteiger charge is -2.25. The normalized spacial score (nSPS) is 19.1. The monoisotopic (exact) mass is 330 g/mol. The van der Waals surface area contributed by atoms with Crippen molar-refractivity contribution in [2.24, 2.45) is 0 Å². The second-order valence-electron chi connectivity index (χ2n) is 4.68. The van der Waals surface area contributed by atoms with Crippen molar-refractivity contribution < 1.29 is 4.79 Å². The molecule has 1 unspecified atom stereocenters. The molecule has 0 radical (unpaired) electrons. The summed E-state index contributed by atoms with van der Waals surface area (Å²) in [6.45, 7) is 4.87. The molecule has 0 saturated carbocycles. The molecule has 0 aromatic carbocycles. The smallest absolute Gasteiger partial charge is 0.254 e. The summed E-state index contributed by atoms with van der Waals surface area (Å²) in [6, 6.07) is 2.39. The van der Waals surface area contributed by atoms with Gasteiger partial charge in [-0.25, -0.2) is 0 Å². The Bertz CT molecular complexity index is 401. The van der Waals surface area contributed by atoms with Crippen molar-refractivity contribution in [1.82, 2.24) is 10.2 Å². The molecule has 1 aliphatic rings. The zero-order chi connectivity index (χ0) is 13.0. The molecule has 5 heteroatoms. The standard InChI is InChI=1S/C13H19BrN2OS/c1-2-6-16(8-11-4-3-5-15-11)13(17)10-7-12(14)18-9-10/h7,9,11,15H,2-6,8H2,1H3. The molecule has 0 aliphatic carbocycles. The van der Waals surface area contributed by atoms with Gasteiger partial charge < -0.3 is 10.2 Å². The number of carbonyl (C=O) groups excluding carboxylic acids is 1. The zero-order valence-electron chi connectivity index (χ0n) is 10.6. The summed E-state index contributed by atoms with van der Waals surface area (Å²) in [5.74, 6) is 0.160. The van der Waals surface area contributed by atoms with E-state index in [1.807, 2.05) is 16.3 Å². The topological polar surface area (TPSA) is 32.3 Å². The van der Waals surface area contributed by atoms with E-state index in [2.05, 4.69) is 28.2 Å². The summed E-state index contributed by atoms with van der Waals surface area (Å²) in [7, 11) is 0. The van der Waals surface area contributed by atoms with E-state index in [0.29, 0.717) is 6.04 Å². The van der Waals surface area contributed by atoms with Gasteiger partial charge in [-0.15, -0.1) is 11.3 Å². The molecular formula is C13H19BrN2OS. The van der Waals surface area contributed by atoms with Crippen LogP contribution in [0.5, 0.6) is 0 Å². The second kappa shape index (κ2) is 6.68. The summed E-state index contributed by atoms with van der Waals surface area (Å²) < 4.78 is 1.02. The van der Waals surface area contributed by atoms with Crippen LogP contribution in [0.25, 0.3) is 0 Å². The van der Waals surface area contributed by atoms with Gasteiger partial charge in [-0.3, -0.25) is 4.79 Å². The Morgan fingerprint density at radius 1 is 1.67 bits per heavy atom. The van der Waals surface area contributed by atoms with Gasteiger partial charge in [0.25, 0.3) is 5.91 Å². The molecule has 1 aromatic heterocycles. The number of amides is 1. The van der Waals surface area contributed by atoms with Crippen molar-refractivity contribution in [2.45, 2.75) is 32.2 Å². The molecule has 1 amide bonds. The minimum atomic E-state index is 0.160. The van der Waals surface area contributed by atoms with E-state index in [4.69, 9.17) is 0 Å². The van der Waals surface area contributed by atoms with E-state index in [-0.39, 0.29) is 5.91 Å². The third-order valence-corrected chi connectivity index (χ3v) is 4.70. The molecule has 2 heterocycles. The third-order valence-electron chi connectivity index (χ3n) is 3.20. The first-order chi connectivity index (χ1) is 8.70. The lowest BCUT2D eigenvalue weighted by Crippen LogP contribution is -2.41. The van der Waals surface area contributed by atoms with Crippen LogP contribution in [0, 0.1) is 0 Å². The van der Waals surface area contributed by atoms with Crippen molar-refractivity contribution in [1.29, 1.82) is 0 Å². The van der Waals surface area contributed by atoms with Crippen LogP contribution in [0.1, 0.15) is 36.5 Å². The van der Waals surface area contributed by atoms with Gasteiger partial charge in [0, 0.05) is 24.5 Å². The Kier molecular flexibility index (Phi) is 5.21. The van der Waals surface area contributed by atoms with Crippen LogP contribution in [0.2, 0.25) is 0 Å². The van der Waals surface area contributed by atoms with Crippen LogP contribution in [0.15, 0.2) is 15.2 Å². The van der Waals surface area contributed by atoms with E-state index in [9.17, 15) is 4.79 Å². The van der Waals surface area contributed by atoms with Crippen LogP contribution in [0.4, 0.5) is 0 Å². The maximum absolute atomic E-state index is 12.4. The number of rotatable bonds is 5. The molecule has 0 spiro atoms. The Hall–Kier alpha value is -0.390. The molecule has 100 valence electrons. The van der Waals surface area contributed by atoms with Crippen molar-refractivity contribution in [2.75, 3.05) is 19.6 Å². The lowest BCUT2D eigenvalue weighted by atomic mass is 10.2. The molecule has 18 heavy (non-hydrogen) atoms. The van der Waals surface area contributed by atoms with E-state index < -0.39 is 0 Å². The number of thiophene rings is 1. The Morgan fingerprint density at radius 2 is 2.50 bits per heavy atom. The first kappa shape index (κ1) is 14.0. The van der Waals surface area contributed by atoms with Gasteiger partial charge >= 0.3 is 0 Å². The fourth-order valence-corrected chi connectivity index (χ4v) is 3.46. The van der Waals surface area contributed by atoms with Crippen molar-refractivity contribution in [3.05, 3.63) is 20.8 Å². The van der Waals surface area contributed by atoms with E-state index in [1.54, 1.807) is 11.3 Å². The number of hydrogen-bond acceptors (Lipinski definition) is 3. The Labute approximate surface area is 121 Å². The van der Waals surface area contributed by atoms with Crippen LogP contribution in [-0.4, -0.2) is 36.5 Å². The number of carbonyl (C=O) groups is 1. The number of nitrogens with one attached hydrogen (secondary N) is 1. The molecule has 1 N–H and O–H groups in total. The van der Waals surface area contributed by atoms with E-state index in [0.717, 1.165) is 35.4 Å². The van der Waals surface area contributed by atoms with E-state index >= 15 is 0 Å². The highest BCUT2D eigenvalue weighted by Gasteiger charge is 2.22. The molecule has 1 aromatic rings. The highest BCUT2D eigenvalue weighted by molar-refractivity contribution is 9.11. The second-order valence-corrected chi connectivity index (χ2v) is 6.97. The van der Waals surface area contributed by atoms with Crippen molar-refractivity contribution in [3.8, 4) is 0 Å². The van der Waals surface area contributed by atoms with Gasteiger partial charge in [-0.05, 0) is 47.8 Å². The number of hydrogen-bond donors (Lipinski definition) is 1. The summed E-state index contributed by atoms with van der Waals surface area (Å²) in [5.41, 5.74) is 0.804. The minimum Gasteiger partial charge on any atom is -0.337 e. The van der Waals surface area contributed by atoms with Gasteiger partial charge in [-0.1, -0.05) is 6.92 Å². The number of halogens is 1. The summed E-state index contributed by atoms with van der Waals surface area (Å²) in [6.07, 6.45) is 3.41. The van der Waals surface area contributed by atoms with Crippen LogP contribution in [0.3, 0.4) is 0 Å². The maximum atomic E-state index is 12.4. The highest BCUT2D eigenvalue weighted by Crippen LogP contribution is 2.22. The maximum Gasteiger partial charge on any atom is 0.254 e. The van der Waals surface area contributed by atoms with Crippen LogP contribution in [-0.2, 0) is 0 Å². The minimum absolute atomic E-state index is 0.160. The van der Waals surface area contributed by atoms with Crippen molar-refractivity contribution in [3.63, 3.8) is 0 Å². The number of nitrogens with zero attached hydrogens (tertiary/aromatic N) is 1. The van der Waals surface area contributed by atoms with Gasteiger partial charge in [0.1, 0.15) is 0 Å². The van der Waals surface area contributed by atoms with Crippen molar-refractivity contribution >= 4 is 33.2 Å². The first-order valence-electron chi connectivity index (χ1n) is 6.47. The van der Waals surface area contributed by atoms with Gasteiger partial charge in [-0.2, -0.15) is 0 Å². The molecule has 0 bridgehead atoms. The molecule has 1 atom stereocenters. The molecule has 1 fully saturated rings. The predicted molar refractivity (Wildman–Crippen MR) is 79.2 cm³/mol. The summed E-state index contributed by atoms with van der Waals surface area (Å²) in [5, 5.41) is 5.38. The average Bonchev–Trinajstić information content (AvgIpc) is 2.99. The average molecular weight is 331 g/mol. The van der Waals surface area contributed by atoms with E-state index in [1.165, 1.54) is 12.8 Å². The predicted octanol–water partition coefficient (Wildman–Crippen LogP) is 3.11. The molecule has 2 rings (SSSR count). The summed E-state index contributed by atoms with van der Waals surface area (Å²) >= 11 is 4.98. The first-order valence-corrected chi connectivity index (χ1v) is 8.14. The molecular weight excluding hydrogens is 312 g/mol. The SMILES string of the molecule is CCCN(CC1CCCN1)C(=O)c1csc(Br)c1. The molecule has 3 nitrogen and oxygen atoms in total. The third kappa shape index (κ3) is 3.56. The zero-order valence-corrected chi connectivity index (χ0v) is 13.0. The van der Waals surface area contributed by atoms with Gasteiger partial charge in [0.15, 0.2) is 0 Å². The van der Waals surface area contributed by atoms with Gasteiger partial charge in [0.05, 0.1) is 9.35 Å². The quantitative estimate of drug-likeness (QED) is 0.899. The fraction of sp³-hybridized carbons (Fsp3) is 0.615. The Morgan fingerprint density at radius 3 is 3.06 bits per heavy atom. The fourth-order valence-electron chi connectivity index (χ4n) is 2.33. The van der Waals surface area contributed by atoms with Crippen LogP contribution < -0.4 is 5.32 Å². The lowest BCUT2D eigenvalue weighted by molar-refractivity contribution is 0.0742.